The van der Waals surface area contributed by atoms with Crippen molar-refractivity contribution in [3.8, 4) is 0 Å². The maximum absolute atomic E-state index is 12.2. The monoisotopic (exact) mass is 396 g/mol. The molecule has 0 aliphatic heterocycles. The molecule has 1 aromatic heterocycles. The van der Waals surface area contributed by atoms with Gasteiger partial charge in [-0.25, -0.2) is 18.1 Å². The largest absolute Gasteiger partial charge is 0.321 e. The number of sulfonamides is 1. The second-order valence-corrected chi connectivity index (χ2v) is 7.70. The number of rotatable bonds is 6. The van der Waals surface area contributed by atoms with Crippen LogP contribution in [0, 0.1) is 0 Å². The van der Waals surface area contributed by atoms with E-state index in [0.29, 0.717) is 17.3 Å². The van der Waals surface area contributed by atoms with E-state index in [9.17, 15) is 22.8 Å². The number of carbonyl (C=O) groups is 2. The summed E-state index contributed by atoms with van der Waals surface area (Å²) >= 11 is 1.44. The third-order valence-corrected chi connectivity index (χ3v) is 5.02. The molecular weight excluding hydrogens is 380 g/mol. The molecule has 0 spiro atoms. The van der Waals surface area contributed by atoms with Gasteiger partial charge in [-0.1, -0.05) is 0 Å². The number of aromatic nitrogens is 2. The maximum Gasteiger partial charge on any atom is 0.274 e. The van der Waals surface area contributed by atoms with Crippen molar-refractivity contribution in [2.45, 2.75) is 17.6 Å². The van der Waals surface area contributed by atoms with E-state index < -0.39 is 27.4 Å². The zero-order chi connectivity index (χ0) is 19.3. The Labute approximate surface area is 153 Å². The first kappa shape index (κ1) is 19.7. The van der Waals surface area contributed by atoms with Gasteiger partial charge in [0.2, 0.25) is 5.91 Å². The lowest BCUT2D eigenvalue weighted by Crippen LogP contribution is -2.28. The van der Waals surface area contributed by atoms with Crippen molar-refractivity contribution in [1.29, 1.82) is 0 Å². The van der Waals surface area contributed by atoms with Crippen molar-refractivity contribution >= 4 is 39.3 Å². The summed E-state index contributed by atoms with van der Waals surface area (Å²) in [6.07, 6.45) is 1.84. The summed E-state index contributed by atoms with van der Waals surface area (Å²) in [6.45, 7) is 1.09. The molecule has 0 aliphatic carbocycles. The van der Waals surface area contributed by atoms with Gasteiger partial charge in [0.15, 0.2) is 0 Å². The van der Waals surface area contributed by atoms with Gasteiger partial charge in [0.1, 0.15) is 11.5 Å². The molecule has 9 nitrogen and oxygen atoms in total. The molecule has 138 valence electrons. The van der Waals surface area contributed by atoms with Crippen LogP contribution in [0.2, 0.25) is 0 Å². The zero-order valence-corrected chi connectivity index (χ0v) is 15.5. The number of amides is 2. The molecule has 1 aromatic carbocycles. The average molecular weight is 396 g/mol. The number of nitrogens with one attached hydrogen (secondary N) is 3. The van der Waals surface area contributed by atoms with Crippen molar-refractivity contribution in [3.05, 3.63) is 52.2 Å². The first-order valence-corrected chi connectivity index (χ1v) is 10.1. The van der Waals surface area contributed by atoms with E-state index in [1.54, 1.807) is 0 Å². The quantitative estimate of drug-likeness (QED) is 0.653. The first-order valence-electron chi connectivity index (χ1n) is 7.25. The molecule has 0 saturated heterocycles. The molecule has 0 radical (unpaired) electrons. The number of hydrogen-bond acceptors (Lipinski definition) is 7. The number of carbonyl (C=O) groups excluding carboxylic acids is 2. The minimum Gasteiger partial charge on any atom is -0.321 e. The minimum absolute atomic E-state index is 0.0484. The summed E-state index contributed by atoms with van der Waals surface area (Å²) in [5.74, 6) is -0.474. The van der Waals surface area contributed by atoms with Crippen molar-refractivity contribution in [2.24, 2.45) is 0 Å². The van der Waals surface area contributed by atoms with Crippen LogP contribution >= 0.6 is 11.8 Å². The van der Waals surface area contributed by atoms with Crippen LogP contribution in [0.3, 0.4) is 0 Å². The molecule has 3 N–H and O–H groups in total. The lowest BCUT2D eigenvalue weighted by atomic mass is 10.3. The van der Waals surface area contributed by atoms with Crippen LogP contribution < -0.4 is 15.6 Å². The Morgan fingerprint density at radius 1 is 1.23 bits per heavy atom. The van der Waals surface area contributed by atoms with Crippen LogP contribution in [0.1, 0.15) is 23.2 Å². The Bertz CT molecular complexity index is 984. The molecule has 0 aliphatic rings. The first-order chi connectivity index (χ1) is 12.2. The second-order valence-electron chi connectivity index (χ2n) is 5.15. The van der Waals surface area contributed by atoms with Gasteiger partial charge < -0.3 is 10.3 Å². The summed E-state index contributed by atoms with van der Waals surface area (Å²) in [5, 5.41) is 2.53. The van der Waals surface area contributed by atoms with Crippen LogP contribution in [0.4, 0.5) is 5.69 Å². The Hall–Kier alpha value is -2.66. The van der Waals surface area contributed by atoms with E-state index in [4.69, 9.17) is 0 Å². The highest BCUT2D eigenvalue weighted by molar-refractivity contribution is 7.97. The van der Waals surface area contributed by atoms with Gasteiger partial charge in [-0.3, -0.25) is 14.4 Å². The predicted molar refractivity (Wildman–Crippen MR) is 97.5 cm³/mol. The number of hydrogen-bond donors (Lipinski definition) is 3. The SMILES string of the molecule is CSCc1nc(C(=O)Nc2ccc(S(=O)(=O)NC(C)=O)cc2)cc(=O)[nH]1. The van der Waals surface area contributed by atoms with E-state index >= 15 is 0 Å². The summed E-state index contributed by atoms with van der Waals surface area (Å²) in [6, 6.07) is 6.29. The summed E-state index contributed by atoms with van der Waals surface area (Å²) < 4.78 is 25.6. The fraction of sp³-hybridized carbons (Fsp3) is 0.200. The fourth-order valence-corrected chi connectivity index (χ4v) is 3.39. The smallest absolute Gasteiger partial charge is 0.274 e. The maximum atomic E-state index is 12.2. The minimum atomic E-state index is -3.95. The normalized spacial score (nSPS) is 11.0. The van der Waals surface area contributed by atoms with Gasteiger partial charge in [-0.05, 0) is 30.5 Å². The van der Waals surface area contributed by atoms with E-state index in [1.165, 1.54) is 36.0 Å². The van der Waals surface area contributed by atoms with Gasteiger partial charge in [0.25, 0.3) is 21.5 Å². The van der Waals surface area contributed by atoms with Crippen LogP contribution in [0.5, 0.6) is 0 Å². The lowest BCUT2D eigenvalue weighted by Gasteiger charge is -2.08. The third-order valence-electron chi connectivity index (χ3n) is 3.00. The number of thioether (sulfide) groups is 1. The summed E-state index contributed by atoms with van der Waals surface area (Å²) in [4.78, 5) is 41.3. The molecule has 2 rings (SSSR count). The number of H-pyrrole nitrogens is 1. The van der Waals surface area contributed by atoms with Crippen molar-refractivity contribution in [3.63, 3.8) is 0 Å². The van der Waals surface area contributed by atoms with Crippen LogP contribution in [0.15, 0.2) is 40.0 Å². The molecule has 2 amide bonds. The van der Waals surface area contributed by atoms with Crippen molar-refractivity contribution in [1.82, 2.24) is 14.7 Å². The Balaban J connectivity index is 2.18. The highest BCUT2D eigenvalue weighted by Gasteiger charge is 2.16. The Kier molecular flexibility index (Phi) is 6.16. The molecule has 26 heavy (non-hydrogen) atoms. The molecule has 0 fully saturated rings. The number of benzene rings is 1. The standard InChI is InChI=1S/C15H16N4O5S2/c1-9(20)19-26(23,24)11-5-3-10(4-6-11)16-15(22)12-7-14(21)18-13(17-12)8-25-2/h3-7H,8H2,1-2H3,(H,16,22)(H,19,20)(H,17,18,21). The highest BCUT2D eigenvalue weighted by atomic mass is 32.2. The van der Waals surface area contributed by atoms with Gasteiger partial charge in [-0.15, -0.1) is 0 Å². The molecular formula is C15H16N4O5S2. The topological polar surface area (TPSA) is 138 Å². The van der Waals surface area contributed by atoms with Gasteiger partial charge >= 0.3 is 0 Å². The van der Waals surface area contributed by atoms with Gasteiger partial charge in [0.05, 0.1) is 10.6 Å². The summed E-state index contributed by atoms with van der Waals surface area (Å²) in [7, 11) is -3.95. The fourth-order valence-electron chi connectivity index (χ4n) is 1.99. The number of anilines is 1. The van der Waals surface area contributed by atoms with Crippen LogP contribution in [0.25, 0.3) is 0 Å². The lowest BCUT2D eigenvalue weighted by molar-refractivity contribution is -0.117. The van der Waals surface area contributed by atoms with Crippen molar-refractivity contribution in [2.75, 3.05) is 11.6 Å². The van der Waals surface area contributed by atoms with Gasteiger partial charge in [-0.2, -0.15) is 11.8 Å². The van der Waals surface area contributed by atoms with E-state index in [2.05, 4.69) is 15.3 Å². The van der Waals surface area contributed by atoms with Crippen LogP contribution in [-0.2, 0) is 20.6 Å². The molecule has 1 heterocycles. The molecule has 11 heteroatoms. The summed E-state index contributed by atoms with van der Waals surface area (Å²) in [5.41, 5.74) is -0.177. The third kappa shape index (κ3) is 5.17. The van der Waals surface area contributed by atoms with E-state index in [1.807, 2.05) is 11.0 Å². The molecule has 0 bridgehead atoms. The molecule has 2 aromatic rings. The molecule has 0 saturated carbocycles. The van der Waals surface area contributed by atoms with Crippen molar-refractivity contribution < 1.29 is 18.0 Å². The van der Waals surface area contributed by atoms with E-state index in [-0.39, 0.29) is 10.6 Å². The average Bonchev–Trinajstić information content (AvgIpc) is 2.54. The second kappa shape index (κ2) is 8.15. The Morgan fingerprint density at radius 2 is 1.88 bits per heavy atom. The van der Waals surface area contributed by atoms with E-state index in [0.717, 1.165) is 13.0 Å². The van der Waals surface area contributed by atoms with Gasteiger partial charge in [0, 0.05) is 18.7 Å². The highest BCUT2D eigenvalue weighted by Crippen LogP contribution is 2.14. The number of nitrogens with zero attached hydrogens (tertiary/aromatic N) is 1. The Morgan fingerprint density at radius 3 is 2.46 bits per heavy atom. The predicted octanol–water partition coefficient (Wildman–Crippen LogP) is 0.710. The number of aromatic amines is 1. The van der Waals surface area contributed by atoms with Crippen LogP contribution in [-0.4, -0.2) is 36.5 Å². The molecule has 0 unspecified atom stereocenters. The zero-order valence-electron chi connectivity index (χ0n) is 13.9. The molecule has 0 atom stereocenters.